The van der Waals surface area contributed by atoms with Gasteiger partial charge in [-0.1, -0.05) is 130 Å². The molecule has 23 heteroatoms. The molecule has 0 aromatic heterocycles. The highest BCUT2D eigenvalue weighted by molar-refractivity contribution is 5.76. The molecule has 0 amide bonds. The normalized spacial score (nSPS) is 13.1. The van der Waals surface area contributed by atoms with Crippen LogP contribution in [0, 0.1) is 0 Å². The zero-order valence-corrected chi connectivity index (χ0v) is 60.0. The van der Waals surface area contributed by atoms with Crippen molar-refractivity contribution in [3.8, 4) is 0 Å². The number of unbranched alkanes of at least 4 members (excludes halogenated alkanes) is 24. The van der Waals surface area contributed by atoms with Crippen molar-refractivity contribution in [2.24, 2.45) is 0 Å². The molecular weight excluding hydrogens is 1210 g/mol. The lowest BCUT2D eigenvalue weighted by Gasteiger charge is -2.28. The Bertz CT molecular complexity index is 1430. The number of hydrogen-bond donors (Lipinski definition) is 4. The maximum Gasteiger partial charge on any atom is 0.336 e. The number of aliphatic hydroxyl groups is 4. The van der Waals surface area contributed by atoms with E-state index in [9.17, 15) is 39.6 Å². The molecule has 0 heterocycles. The second kappa shape index (κ2) is 71.6. The molecule has 94 heavy (non-hydrogen) atoms. The first-order valence-electron chi connectivity index (χ1n) is 37.0. The molecule has 4 N–H and O–H groups in total. The first-order valence-corrected chi connectivity index (χ1v) is 37.0. The Labute approximate surface area is 569 Å². The smallest absolute Gasteiger partial charge is 0.336 e. The van der Waals surface area contributed by atoms with Gasteiger partial charge in [0.15, 0.2) is 24.4 Å². The maximum atomic E-state index is 13.0. The van der Waals surface area contributed by atoms with Crippen molar-refractivity contribution in [3.05, 3.63) is 0 Å². The Hall–Kier alpha value is -2.72. The molecule has 0 aliphatic rings. The van der Waals surface area contributed by atoms with Crippen molar-refractivity contribution >= 4 is 23.9 Å². The summed E-state index contributed by atoms with van der Waals surface area (Å²) in [6.07, 6.45) is 26.0. The number of ether oxygens (including phenoxy) is 12. The minimum atomic E-state index is -1.53. The summed E-state index contributed by atoms with van der Waals surface area (Å²) in [7, 11) is 1.91. The molecule has 0 fully saturated rings. The van der Waals surface area contributed by atoms with E-state index in [-0.39, 0.29) is 79.8 Å². The van der Waals surface area contributed by atoms with Gasteiger partial charge < -0.3 is 82.2 Å². The van der Waals surface area contributed by atoms with Crippen molar-refractivity contribution in [1.82, 2.24) is 14.7 Å². The molecule has 0 rings (SSSR count). The molecule has 0 spiro atoms. The van der Waals surface area contributed by atoms with Crippen LogP contribution in [0.15, 0.2) is 0 Å². The van der Waals surface area contributed by atoms with Crippen molar-refractivity contribution < 1.29 is 96.4 Å². The predicted molar refractivity (Wildman–Crippen MR) is 365 cm³/mol. The molecular formula is C71H139N3O20. The average Bonchev–Trinajstić information content (AvgIpc) is 1.71. The van der Waals surface area contributed by atoms with Gasteiger partial charge in [0.2, 0.25) is 0 Å². The summed E-state index contributed by atoms with van der Waals surface area (Å²) in [5, 5.41) is 44.2. The monoisotopic (exact) mass is 1350 g/mol. The Morgan fingerprint density at radius 1 is 0.255 bits per heavy atom. The molecule has 0 bridgehead atoms. The zero-order valence-electron chi connectivity index (χ0n) is 60.0. The Morgan fingerprint density at radius 3 is 0.628 bits per heavy atom. The van der Waals surface area contributed by atoms with Crippen LogP contribution in [-0.2, 0) is 76.0 Å². The van der Waals surface area contributed by atoms with Gasteiger partial charge in [-0.15, -0.1) is 0 Å². The first-order chi connectivity index (χ1) is 45.9. The number of carbonyl (C=O) groups excluding carboxylic acids is 4. The number of rotatable bonds is 76. The summed E-state index contributed by atoms with van der Waals surface area (Å²) in [5.74, 6) is -3.15. The molecule has 0 aromatic rings. The minimum Gasteiger partial charge on any atom is -0.464 e. The minimum absolute atomic E-state index is 0.141. The molecule has 23 nitrogen and oxygen atoms in total. The molecule has 4 atom stereocenters. The van der Waals surface area contributed by atoms with Crippen molar-refractivity contribution in [1.29, 1.82) is 0 Å². The topological polar surface area (TPSA) is 270 Å². The largest absolute Gasteiger partial charge is 0.464 e. The van der Waals surface area contributed by atoms with Crippen molar-refractivity contribution in [3.63, 3.8) is 0 Å². The van der Waals surface area contributed by atoms with Crippen LogP contribution in [-0.4, -0.2) is 249 Å². The predicted octanol–water partition coefficient (Wildman–Crippen LogP) is 10.4. The SMILES string of the molecule is CCCCCCOCOCCCCCCOC(=O)C(O)CN(CCCN(C)CCCN(CC(O)C(=O)OCCCCCCOCOCCCCCC)CC(O)C(=O)OCCCCCCOCOCCCCCC)CC(O)C(=O)OCCCCCCOCOCCCCCC. The summed E-state index contributed by atoms with van der Waals surface area (Å²) in [4.78, 5) is 57.5. The fourth-order valence-electron chi connectivity index (χ4n) is 9.98. The van der Waals surface area contributed by atoms with Crippen LogP contribution in [0.1, 0.15) is 246 Å². The first kappa shape index (κ1) is 91.3. The summed E-state index contributed by atoms with van der Waals surface area (Å²) < 4.78 is 66.1. The Balaban J connectivity index is 5.43. The number of aliphatic hydroxyl groups excluding tert-OH is 4. The number of esters is 4. The molecule has 0 aromatic carbocycles. The fraction of sp³-hybridized carbons (Fsp3) is 0.944. The highest BCUT2D eigenvalue weighted by Gasteiger charge is 2.27. The fourth-order valence-corrected chi connectivity index (χ4v) is 9.98. The van der Waals surface area contributed by atoms with E-state index in [0.29, 0.717) is 118 Å². The van der Waals surface area contributed by atoms with E-state index in [1.54, 1.807) is 9.80 Å². The van der Waals surface area contributed by atoms with Gasteiger partial charge in [-0.2, -0.15) is 0 Å². The average molecular weight is 1350 g/mol. The number of carbonyl (C=O) groups is 4. The Morgan fingerprint density at radius 2 is 0.436 bits per heavy atom. The summed E-state index contributed by atoms with van der Waals surface area (Å²) in [6.45, 7) is 16.5. The van der Waals surface area contributed by atoms with E-state index in [1.807, 2.05) is 7.05 Å². The van der Waals surface area contributed by atoms with Crippen LogP contribution in [0.4, 0.5) is 0 Å². The number of nitrogens with zero attached hydrogens (tertiary/aromatic N) is 3. The van der Waals surface area contributed by atoms with Gasteiger partial charge in [-0.3, -0.25) is 9.80 Å². The van der Waals surface area contributed by atoms with E-state index in [1.165, 1.54) is 51.4 Å². The van der Waals surface area contributed by atoms with Crippen LogP contribution in [0.5, 0.6) is 0 Å². The second-order valence-electron chi connectivity index (χ2n) is 24.9. The number of hydrogen-bond acceptors (Lipinski definition) is 23. The quantitative estimate of drug-likeness (QED) is 0.0191. The van der Waals surface area contributed by atoms with Crippen molar-refractivity contribution in [2.75, 3.05) is 166 Å². The highest BCUT2D eigenvalue weighted by atomic mass is 16.7. The lowest BCUT2D eigenvalue weighted by atomic mass is 10.2. The summed E-state index contributed by atoms with van der Waals surface area (Å²) in [5.41, 5.74) is 0. The van der Waals surface area contributed by atoms with Gasteiger partial charge in [0.05, 0.1) is 26.4 Å². The van der Waals surface area contributed by atoms with E-state index in [4.69, 9.17) is 56.8 Å². The van der Waals surface area contributed by atoms with E-state index in [2.05, 4.69) is 32.6 Å². The van der Waals surface area contributed by atoms with Gasteiger partial charge in [0.25, 0.3) is 0 Å². The van der Waals surface area contributed by atoms with Crippen molar-refractivity contribution in [2.45, 2.75) is 270 Å². The third-order valence-electron chi connectivity index (χ3n) is 15.8. The molecule has 558 valence electrons. The summed E-state index contributed by atoms with van der Waals surface area (Å²) >= 11 is 0. The maximum absolute atomic E-state index is 13.0. The lowest BCUT2D eigenvalue weighted by Crippen LogP contribution is -2.45. The molecule has 0 saturated carbocycles. The van der Waals surface area contributed by atoms with Gasteiger partial charge >= 0.3 is 23.9 Å². The standard InChI is InChI=1S/C71H139N3O20/c1-6-10-14-26-44-83-60-87-48-30-18-22-34-52-91-68(79)64(75)56-73(57-65(76)69(80)92-53-35-23-19-31-49-88-61-84-45-27-15-11-7-2)42-38-40-72(5)41-39-43-74(58-66(77)70(81)93-54-36-24-20-32-50-89-62-85-46-28-16-12-8-3)59-67(78)71(82)94-55-37-25-21-33-51-90-63-86-47-29-17-13-9-4/h64-67,75-78H,6-63H2,1-5H3. The molecule has 0 saturated heterocycles. The summed E-state index contributed by atoms with van der Waals surface area (Å²) in [6, 6.07) is 0. The molecule has 0 aliphatic carbocycles. The van der Waals surface area contributed by atoms with Gasteiger partial charge in [0.1, 0.15) is 27.2 Å². The third-order valence-corrected chi connectivity index (χ3v) is 15.8. The third kappa shape index (κ3) is 62.8. The second-order valence-corrected chi connectivity index (χ2v) is 24.9. The van der Waals surface area contributed by atoms with Gasteiger partial charge in [-0.25, -0.2) is 19.2 Å². The van der Waals surface area contributed by atoms with Crippen LogP contribution >= 0.6 is 0 Å². The van der Waals surface area contributed by atoms with Crippen LogP contribution in [0.3, 0.4) is 0 Å². The zero-order chi connectivity index (χ0) is 68.8. The molecule has 4 unspecified atom stereocenters. The molecule has 0 aliphatic heterocycles. The lowest BCUT2D eigenvalue weighted by molar-refractivity contribution is -0.158. The molecule has 0 radical (unpaired) electrons. The van der Waals surface area contributed by atoms with Crippen LogP contribution in [0.2, 0.25) is 0 Å². The van der Waals surface area contributed by atoms with Gasteiger partial charge in [-0.05, 0) is 149 Å². The van der Waals surface area contributed by atoms with Gasteiger partial charge in [0, 0.05) is 79.0 Å². The van der Waals surface area contributed by atoms with Crippen LogP contribution in [0.25, 0.3) is 0 Å². The highest BCUT2D eigenvalue weighted by Crippen LogP contribution is 2.11. The van der Waals surface area contributed by atoms with E-state index >= 15 is 0 Å². The van der Waals surface area contributed by atoms with E-state index < -0.39 is 48.3 Å². The van der Waals surface area contributed by atoms with Crippen LogP contribution < -0.4 is 0 Å². The van der Waals surface area contributed by atoms with E-state index in [0.717, 1.165) is 128 Å². The Kier molecular flexibility index (Phi) is 69.5.